The molecule has 0 aliphatic carbocycles. The zero-order valence-corrected chi connectivity index (χ0v) is 14.4. The maximum atomic E-state index is 6.23. The molecule has 0 radical (unpaired) electrons. The summed E-state index contributed by atoms with van der Waals surface area (Å²) in [5, 5.41) is 0. The Hall–Kier alpha value is -0.920. The Labute approximate surface area is 138 Å². The SMILES string of the molecule is CN(C)CCN1CCOC[C@]2(C1)CN(Cc1ccoc1)CCO2. The van der Waals surface area contributed by atoms with Gasteiger partial charge in [-0.15, -0.1) is 0 Å². The molecule has 1 aromatic rings. The van der Waals surface area contributed by atoms with E-state index in [1.54, 1.807) is 6.26 Å². The van der Waals surface area contributed by atoms with E-state index >= 15 is 0 Å². The number of rotatable bonds is 5. The molecule has 2 saturated heterocycles. The van der Waals surface area contributed by atoms with Gasteiger partial charge in [-0.3, -0.25) is 9.80 Å². The largest absolute Gasteiger partial charge is 0.472 e. The molecule has 1 atom stereocenters. The van der Waals surface area contributed by atoms with E-state index in [1.165, 1.54) is 5.56 Å². The van der Waals surface area contributed by atoms with Crippen LogP contribution in [0.5, 0.6) is 0 Å². The Balaban J connectivity index is 1.61. The van der Waals surface area contributed by atoms with Gasteiger partial charge in [0.25, 0.3) is 0 Å². The number of ether oxygens (including phenoxy) is 2. The van der Waals surface area contributed by atoms with Crippen molar-refractivity contribution < 1.29 is 13.9 Å². The molecule has 0 unspecified atom stereocenters. The van der Waals surface area contributed by atoms with Crippen molar-refractivity contribution in [3.05, 3.63) is 24.2 Å². The van der Waals surface area contributed by atoms with Gasteiger partial charge in [0.1, 0.15) is 5.60 Å². The summed E-state index contributed by atoms with van der Waals surface area (Å²) in [7, 11) is 4.24. The van der Waals surface area contributed by atoms with Crippen molar-refractivity contribution in [2.45, 2.75) is 12.1 Å². The third-order valence-corrected chi connectivity index (χ3v) is 4.61. The van der Waals surface area contributed by atoms with Gasteiger partial charge < -0.3 is 18.8 Å². The van der Waals surface area contributed by atoms with E-state index in [-0.39, 0.29) is 5.60 Å². The molecule has 6 nitrogen and oxygen atoms in total. The molecule has 6 heteroatoms. The lowest BCUT2D eigenvalue weighted by Crippen LogP contribution is -2.58. The van der Waals surface area contributed by atoms with Crippen LogP contribution in [0.1, 0.15) is 5.56 Å². The number of hydrogen-bond acceptors (Lipinski definition) is 6. The maximum absolute atomic E-state index is 6.23. The minimum Gasteiger partial charge on any atom is -0.472 e. The first-order valence-corrected chi connectivity index (χ1v) is 8.47. The van der Waals surface area contributed by atoms with Crippen molar-refractivity contribution in [2.75, 3.05) is 73.2 Å². The number of morpholine rings is 1. The fraction of sp³-hybridized carbons (Fsp3) is 0.765. The second-order valence-electron chi connectivity index (χ2n) is 7.01. The van der Waals surface area contributed by atoms with Crippen molar-refractivity contribution >= 4 is 0 Å². The highest BCUT2D eigenvalue weighted by atomic mass is 16.5. The van der Waals surface area contributed by atoms with Gasteiger partial charge in [0.05, 0.1) is 32.3 Å². The Bertz CT molecular complexity index is 466. The number of likely N-dealkylation sites (N-methyl/N-ethyl adjacent to an activating group) is 1. The average Bonchev–Trinajstić information content (AvgIpc) is 2.94. The van der Waals surface area contributed by atoms with Crippen LogP contribution < -0.4 is 0 Å². The first kappa shape index (κ1) is 16.9. The quantitative estimate of drug-likeness (QED) is 0.796. The summed E-state index contributed by atoms with van der Waals surface area (Å²) in [6, 6.07) is 2.04. The van der Waals surface area contributed by atoms with Crippen LogP contribution in [0.25, 0.3) is 0 Å². The highest BCUT2D eigenvalue weighted by Crippen LogP contribution is 2.23. The number of nitrogens with zero attached hydrogens (tertiary/aromatic N) is 3. The van der Waals surface area contributed by atoms with Crippen molar-refractivity contribution in [3.63, 3.8) is 0 Å². The van der Waals surface area contributed by atoms with Crippen LogP contribution in [0.2, 0.25) is 0 Å². The molecule has 0 aromatic carbocycles. The van der Waals surface area contributed by atoms with E-state index in [9.17, 15) is 0 Å². The lowest BCUT2D eigenvalue weighted by atomic mass is 10.0. The minimum atomic E-state index is -0.204. The molecule has 1 aromatic heterocycles. The van der Waals surface area contributed by atoms with Crippen molar-refractivity contribution in [1.82, 2.24) is 14.7 Å². The molecule has 0 saturated carbocycles. The number of furan rings is 1. The molecule has 2 fully saturated rings. The van der Waals surface area contributed by atoms with Gasteiger partial charge >= 0.3 is 0 Å². The average molecular weight is 323 g/mol. The Kier molecular flexibility index (Phi) is 5.71. The van der Waals surface area contributed by atoms with Crippen LogP contribution >= 0.6 is 0 Å². The molecule has 1 spiro atoms. The summed E-state index contributed by atoms with van der Waals surface area (Å²) in [6.07, 6.45) is 3.57. The third kappa shape index (κ3) is 4.78. The van der Waals surface area contributed by atoms with Crippen LogP contribution in [0.4, 0.5) is 0 Å². The summed E-state index contributed by atoms with van der Waals surface area (Å²) in [6.45, 7) is 9.10. The lowest BCUT2D eigenvalue weighted by Gasteiger charge is -2.43. The predicted molar refractivity (Wildman–Crippen MR) is 88.5 cm³/mol. The van der Waals surface area contributed by atoms with E-state index in [0.717, 1.165) is 59.0 Å². The Morgan fingerprint density at radius 3 is 2.78 bits per heavy atom. The first-order valence-electron chi connectivity index (χ1n) is 8.47. The van der Waals surface area contributed by atoms with Crippen molar-refractivity contribution in [3.8, 4) is 0 Å². The van der Waals surface area contributed by atoms with Gasteiger partial charge in [0.2, 0.25) is 0 Å². The minimum absolute atomic E-state index is 0.204. The summed E-state index contributed by atoms with van der Waals surface area (Å²) in [5.74, 6) is 0. The molecule has 0 amide bonds. The molecular weight excluding hydrogens is 294 g/mol. The molecule has 3 heterocycles. The third-order valence-electron chi connectivity index (χ3n) is 4.61. The van der Waals surface area contributed by atoms with Gasteiger partial charge in [-0.2, -0.15) is 0 Å². The van der Waals surface area contributed by atoms with Gasteiger partial charge in [-0.1, -0.05) is 0 Å². The molecule has 130 valence electrons. The molecule has 0 bridgehead atoms. The van der Waals surface area contributed by atoms with E-state index in [2.05, 4.69) is 28.8 Å². The molecular formula is C17H29N3O3. The zero-order chi connectivity index (χ0) is 16.1. The summed E-state index contributed by atoms with van der Waals surface area (Å²) in [5.41, 5.74) is 1.02. The van der Waals surface area contributed by atoms with Crippen LogP contribution in [-0.4, -0.2) is 93.5 Å². The summed E-state index contributed by atoms with van der Waals surface area (Å²) >= 11 is 0. The van der Waals surface area contributed by atoms with Crippen LogP contribution in [0, 0.1) is 0 Å². The molecule has 23 heavy (non-hydrogen) atoms. The van der Waals surface area contributed by atoms with E-state index in [1.807, 2.05) is 12.3 Å². The topological polar surface area (TPSA) is 41.3 Å². The van der Waals surface area contributed by atoms with E-state index in [0.29, 0.717) is 6.61 Å². The lowest BCUT2D eigenvalue weighted by molar-refractivity contribution is -0.143. The standard InChI is InChI=1S/C17H29N3O3/c1-18(2)4-5-19-6-9-22-15-17(13-19)14-20(7-10-23-17)11-16-3-8-21-12-16/h3,8,12H,4-7,9-11,13-15H2,1-2H3/t17-/m0/s1. The van der Waals surface area contributed by atoms with Gasteiger partial charge in [0, 0.05) is 51.4 Å². The van der Waals surface area contributed by atoms with E-state index < -0.39 is 0 Å². The highest BCUT2D eigenvalue weighted by molar-refractivity contribution is 5.06. The Morgan fingerprint density at radius 2 is 2.00 bits per heavy atom. The highest BCUT2D eigenvalue weighted by Gasteiger charge is 2.40. The van der Waals surface area contributed by atoms with Crippen LogP contribution in [0.3, 0.4) is 0 Å². The molecule has 3 rings (SSSR count). The van der Waals surface area contributed by atoms with Gasteiger partial charge in [-0.25, -0.2) is 0 Å². The normalized spacial score (nSPS) is 27.6. The predicted octanol–water partition coefficient (Wildman–Crippen LogP) is 0.744. The Morgan fingerprint density at radius 1 is 1.17 bits per heavy atom. The monoisotopic (exact) mass is 323 g/mol. The molecule has 2 aliphatic rings. The smallest absolute Gasteiger partial charge is 0.117 e. The molecule has 2 aliphatic heterocycles. The zero-order valence-electron chi connectivity index (χ0n) is 14.4. The number of hydrogen-bond donors (Lipinski definition) is 0. The van der Waals surface area contributed by atoms with Gasteiger partial charge in [0.15, 0.2) is 0 Å². The maximum Gasteiger partial charge on any atom is 0.117 e. The van der Waals surface area contributed by atoms with Crippen LogP contribution in [-0.2, 0) is 16.0 Å². The summed E-state index contributed by atoms with van der Waals surface area (Å²) < 4.78 is 17.3. The van der Waals surface area contributed by atoms with Crippen LogP contribution in [0.15, 0.2) is 23.0 Å². The molecule has 0 N–H and O–H groups in total. The fourth-order valence-corrected chi connectivity index (χ4v) is 3.40. The van der Waals surface area contributed by atoms with Crippen molar-refractivity contribution in [1.29, 1.82) is 0 Å². The summed E-state index contributed by atoms with van der Waals surface area (Å²) in [4.78, 5) is 7.16. The van der Waals surface area contributed by atoms with Gasteiger partial charge in [-0.05, 0) is 20.2 Å². The fourth-order valence-electron chi connectivity index (χ4n) is 3.40. The van der Waals surface area contributed by atoms with Crippen molar-refractivity contribution in [2.24, 2.45) is 0 Å². The second kappa shape index (κ2) is 7.77. The first-order chi connectivity index (χ1) is 11.2. The second-order valence-corrected chi connectivity index (χ2v) is 7.01. The van der Waals surface area contributed by atoms with E-state index in [4.69, 9.17) is 13.9 Å².